The highest BCUT2D eigenvalue weighted by atomic mass is 35.5. The van der Waals surface area contributed by atoms with E-state index in [1.54, 1.807) is 37.5 Å². The van der Waals surface area contributed by atoms with Crippen molar-refractivity contribution in [2.45, 2.75) is 6.42 Å². The molecule has 1 aromatic heterocycles. The van der Waals surface area contributed by atoms with Crippen LogP contribution >= 0.6 is 11.6 Å². The van der Waals surface area contributed by atoms with Gasteiger partial charge in [-0.15, -0.1) is 0 Å². The lowest BCUT2D eigenvalue weighted by Gasteiger charge is -2.17. The van der Waals surface area contributed by atoms with E-state index in [0.717, 1.165) is 16.5 Å². The number of rotatable bonds is 8. The zero-order valence-corrected chi connectivity index (χ0v) is 16.2. The predicted octanol–water partition coefficient (Wildman–Crippen LogP) is 3.44. The zero-order chi connectivity index (χ0) is 19.9. The Morgan fingerprint density at radius 2 is 1.86 bits per heavy atom. The Labute approximate surface area is 168 Å². The van der Waals surface area contributed by atoms with Gasteiger partial charge in [-0.1, -0.05) is 29.8 Å². The minimum atomic E-state index is -0.441. The van der Waals surface area contributed by atoms with E-state index in [1.807, 2.05) is 24.3 Å². The molecule has 6 nitrogen and oxygen atoms in total. The molecule has 0 saturated carbocycles. The number of ether oxygens (including phenoxy) is 2. The molecule has 28 heavy (non-hydrogen) atoms. The van der Waals surface area contributed by atoms with Gasteiger partial charge < -0.3 is 19.4 Å². The second-order valence-electron chi connectivity index (χ2n) is 6.31. The molecule has 7 heteroatoms. The number of nitrogens with zero attached hydrogens (tertiary/aromatic N) is 1. The topological polar surface area (TPSA) is 71.6 Å². The van der Waals surface area contributed by atoms with Gasteiger partial charge in [0.1, 0.15) is 12.4 Å². The fourth-order valence-corrected chi connectivity index (χ4v) is 2.82. The minimum Gasteiger partial charge on any atom is -0.492 e. The average Bonchev–Trinajstić information content (AvgIpc) is 3.10. The lowest BCUT2D eigenvalue weighted by atomic mass is 10.1. The lowest BCUT2D eigenvalue weighted by molar-refractivity contribution is -0.151. The highest BCUT2D eigenvalue weighted by molar-refractivity contribution is 6.30. The quantitative estimate of drug-likeness (QED) is 0.588. The highest BCUT2D eigenvalue weighted by Crippen LogP contribution is 2.18. The molecule has 0 aliphatic rings. The molecular formula is C21H21ClN2O4. The zero-order valence-electron chi connectivity index (χ0n) is 15.5. The molecule has 0 unspecified atom stereocenters. The number of nitrogens with one attached hydrogen (secondary N) is 1. The maximum absolute atomic E-state index is 12.1. The number of likely N-dealkylation sites (N-methyl/N-ethyl adjacent to an activating group) is 1. The number of benzene rings is 2. The van der Waals surface area contributed by atoms with Gasteiger partial charge in [-0.3, -0.25) is 9.59 Å². The largest absolute Gasteiger partial charge is 0.492 e. The Morgan fingerprint density at radius 1 is 1.11 bits per heavy atom. The summed E-state index contributed by atoms with van der Waals surface area (Å²) in [4.78, 5) is 28.8. The van der Waals surface area contributed by atoms with Crippen LogP contribution in [0.3, 0.4) is 0 Å². The second kappa shape index (κ2) is 9.28. The summed E-state index contributed by atoms with van der Waals surface area (Å²) in [5, 5.41) is 1.61. The number of amides is 1. The summed E-state index contributed by atoms with van der Waals surface area (Å²) < 4.78 is 10.7. The molecule has 3 rings (SSSR count). The van der Waals surface area contributed by atoms with Gasteiger partial charge in [-0.2, -0.15) is 0 Å². The Bertz CT molecular complexity index is 952. The Kier molecular flexibility index (Phi) is 6.55. The van der Waals surface area contributed by atoms with Crippen molar-refractivity contribution in [2.24, 2.45) is 0 Å². The van der Waals surface area contributed by atoms with Gasteiger partial charge in [0.15, 0.2) is 6.61 Å². The number of carbonyl (C=O) groups is 2. The second-order valence-corrected chi connectivity index (χ2v) is 6.75. The number of para-hydroxylation sites is 1. The average molecular weight is 401 g/mol. The Morgan fingerprint density at radius 3 is 2.64 bits per heavy atom. The number of aromatic amines is 1. The van der Waals surface area contributed by atoms with Crippen LogP contribution in [-0.4, -0.2) is 48.6 Å². The van der Waals surface area contributed by atoms with Gasteiger partial charge in [-0.05, 0) is 35.9 Å². The molecule has 0 aliphatic heterocycles. The molecule has 146 valence electrons. The summed E-state index contributed by atoms with van der Waals surface area (Å²) in [7, 11) is 1.64. The monoisotopic (exact) mass is 400 g/mol. The molecule has 0 radical (unpaired) electrons. The van der Waals surface area contributed by atoms with Crippen molar-refractivity contribution in [3.8, 4) is 5.75 Å². The van der Waals surface area contributed by atoms with Gasteiger partial charge in [0.05, 0.1) is 13.0 Å². The van der Waals surface area contributed by atoms with Crippen LogP contribution in [0.5, 0.6) is 5.75 Å². The standard InChI is InChI=1S/C21H21ClN2O4/c1-24(10-11-27-17-8-6-16(22)7-9-17)20(25)14-28-21(26)12-15-13-23-19-5-3-2-4-18(15)19/h2-9,13,23H,10-12,14H2,1H3. The molecule has 1 heterocycles. The number of H-pyrrole nitrogens is 1. The predicted molar refractivity (Wildman–Crippen MR) is 108 cm³/mol. The number of esters is 1. The first-order valence-corrected chi connectivity index (χ1v) is 9.23. The first kappa shape index (κ1) is 19.8. The first-order valence-electron chi connectivity index (χ1n) is 8.86. The number of fused-ring (bicyclic) bond motifs is 1. The van der Waals surface area contributed by atoms with Crippen molar-refractivity contribution in [3.05, 3.63) is 65.3 Å². The number of carbonyl (C=O) groups excluding carboxylic acids is 2. The fourth-order valence-electron chi connectivity index (χ4n) is 2.69. The number of aromatic nitrogens is 1. The summed E-state index contributed by atoms with van der Waals surface area (Å²) >= 11 is 5.82. The van der Waals surface area contributed by atoms with Gasteiger partial charge in [0.2, 0.25) is 0 Å². The Balaban J connectivity index is 1.40. The van der Waals surface area contributed by atoms with E-state index < -0.39 is 5.97 Å². The first-order chi connectivity index (χ1) is 13.5. The van der Waals surface area contributed by atoms with Crippen LogP contribution in [0.1, 0.15) is 5.56 Å². The molecule has 0 spiro atoms. The van der Waals surface area contributed by atoms with Crippen LogP contribution in [-0.2, 0) is 20.7 Å². The summed E-state index contributed by atoms with van der Waals surface area (Å²) in [5.74, 6) is -0.0497. The molecular weight excluding hydrogens is 380 g/mol. The summed E-state index contributed by atoms with van der Waals surface area (Å²) in [6.45, 7) is 0.410. The molecule has 1 N–H and O–H groups in total. The van der Waals surface area contributed by atoms with Crippen LogP contribution in [0.25, 0.3) is 10.9 Å². The van der Waals surface area contributed by atoms with Crippen molar-refractivity contribution in [3.63, 3.8) is 0 Å². The van der Waals surface area contributed by atoms with E-state index in [2.05, 4.69) is 4.98 Å². The minimum absolute atomic E-state index is 0.112. The van der Waals surface area contributed by atoms with Crippen LogP contribution in [0.4, 0.5) is 0 Å². The summed E-state index contributed by atoms with van der Waals surface area (Å²) in [6.07, 6.45) is 1.90. The Hall–Kier alpha value is -2.99. The highest BCUT2D eigenvalue weighted by Gasteiger charge is 2.14. The van der Waals surface area contributed by atoms with Crippen molar-refractivity contribution >= 4 is 34.4 Å². The SMILES string of the molecule is CN(CCOc1ccc(Cl)cc1)C(=O)COC(=O)Cc1c[nH]c2ccccc12. The fraction of sp³-hybridized carbons (Fsp3) is 0.238. The van der Waals surface area contributed by atoms with E-state index in [-0.39, 0.29) is 18.9 Å². The molecule has 3 aromatic rings. The van der Waals surface area contributed by atoms with Gasteiger partial charge in [0.25, 0.3) is 5.91 Å². The van der Waals surface area contributed by atoms with E-state index in [0.29, 0.717) is 23.9 Å². The number of hydrogen-bond acceptors (Lipinski definition) is 4. The van der Waals surface area contributed by atoms with E-state index in [4.69, 9.17) is 21.1 Å². The third kappa shape index (κ3) is 5.27. The van der Waals surface area contributed by atoms with Gasteiger partial charge in [-0.25, -0.2) is 0 Å². The smallest absolute Gasteiger partial charge is 0.310 e. The third-order valence-corrected chi connectivity index (χ3v) is 4.55. The molecule has 0 fully saturated rings. The molecule has 2 aromatic carbocycles. The van der Waals surface area contributed by atoms with E-state index in [1.165, 1.54) is 4.90 Å². The normalized spacial score (nSPS) is 10.6. The maximum atomic E-state index is 12.1. The van der Waals surface area contributed by atoms with Crippen molar-refractivity contribution < 1.29 is 19.1 Å². The van der Waals surface area contributed by atoms with Crippen LogP contribution in [0, 0.1) is 0 Å². The molecule has 0 bridgehead atoms. The van der Waals surface area contributed by atoms with Crippen LogP contribution in [0.15, 0.2) is 54.7 Å². The molecule has 0 atom stereocenters. The summed E-state index contributed by atoms with van der Waals surface area (Å²) in [6, 6.07) is 14.7. The lowest BCUT2D eigenvalue weighted by Crippen LogP contribution is -2.34. The van der Waals surface area contributed by atoms with Gasteiger partial charge in [0, 0.05) is 29.2 Å². The van der Waals surface area contributed by atoms with Crippen molar-refractivity contribution in [2.75, 3.05) is 26.8 Å². The molecule has 0 saturated heterocycles. The van der Waals surface area contributed by atoms with E-state index in [9.17, 15) is 9.59 Å². The molecule has 1 amide bonds. The summed E-state index contributed by atoms with van der Waals surface area (Å²) in [5.41, 5.74) is 1.81. The van der Waals surface area contributed by atoms with Gasteiger partial charge >= 0.3 is 5.97 Å². The number of halogens is 1. The van der Waals surface area contributed by atoms with E-state index >= 15 is 0 Å². The van der Waals surface area contributed by atoms with Crippen molar-refractivity contribution in [1.29, 1.82) is 0 Å². The van der Waals surface area contributed by atoms with Crippen LogP contribution < -0.4 is 4.74 Å². The third-order valence-electron chi connectivity index (χ3n) is 4.30. The maximum Gasteiger partial charge on any atom is 0.310 e. The molecule has 0 aliphatic carbocycles. The van der Waals surface area contributed by atoms with Crippen molar-refractivity contribution in [1.82, 2.24) is 9.88 Å². The van der Waals surface area contributed by atoms with Crippen LogP contribution in [0.2, 0.25) is 5.02 Å². The number of hydrogen-bond donors (Lipinski definition) is 1.